The van der Waals surface area contributed by atoms with E-state index in [9.17, 15) is 0 Å². The van der Waals surface area contributed by atoms with Gasteiger partial charge in [-0.25, -0.2) is 4.98 Å². The Morgan fingerprint density at radius 1 is 0.933 bits per heavy atom. The number of hydrogen-bond acceptors (Lipinski definition) is 2. The first-order valence-corrected chi connectivity index (χ1v) is 5.58. The van der Waals surface area contributed by atoms with E-state index in [2.05, 4.69) is 40.8 Å². The summed E-state index contributed by atoms with van der Waals surface area (Å²) in [6.45, 7) is 0. The normalized spacial score (nSPS) is 10.7. The molecule has 1 radical (unpaired) electrons. The molecule has 1 nitrogen and oxygen atoms in total. The largest absolute Gasteiger partial charge is 0.233 e. The standard InChI is InChI=1S/C13H8NS/c1-2-5-10(6-3-1)11-7-4-8-12-13(11)14-9-15-12/h1-8H. The molecule has 2 heteroatoms. The molecule has 1 aromatic heterocycles. The Hall–Kier alpha value is -1.67. The highest BCUT2D eigenvalue weighted by Gasteiger charge is 2.04. The summed E-state index contributed by atoms with van der Waals surface area (Å²) in [6, 6.07) is 16.6. The molecule has 0 saturated heterocycles. The van der Waals surface area contributed by atoms with Crippen LogP contribution in [-0.4, -0.2) is 4.98 Å². The number of fused-ring (bicyclic) bond motifs is 1. The monoisotopic (exact) mass is 210 g/mol. The van der Waals surface area contributed by atoms with Crippen molar-refractivity contribution < 1.29 is 0 Å². The molecule has 2 aromatic carbocycles. The molecule has 3 rings (SSSR count). The number of para-hydroxylation sites is 1. The molecule has 0 aliphatic rings. The molecule has 0 N–H and O–H groups in total. The van der Waals surface area contributed by atoms with Crippen molar-refractivity contribution in [1.29, 1.82) is 0 Å². The maximum atomic E-state index is 4.29. The minimum atomic E-state index is 1.05. The molecule has 0 atom stereocenters. The Morgan fingerprint density at radius 3 is 2.67 bits per heavy atom. The van der Waals surface area contributed by atoms with Crippen LogP contribution in [0.4, 0.5) is 0 Å². The Morgan fingerprint density at radius 2 is 1.80 bits per heavy atom. The Balaban J connectivity index is 2.31. The van der Waals surface area contributed by atoms with Gasteiger partial charge in [0.05, 0.1) is 10.2 Å². The van der Waals surface area contributed by atoms with Crippen molar-refractivity contribution in [2.75, 3.05) is 0 Å². The molecular weight excluding hydrogens is 202 g/mol. The minimum Gasteiger partial charge on any atom is -0.233 e. The van der Waals surface area contributed by atoms with Crippen LogP contribution in [0.25, 0.3) is 21.3 Å². The quantitative estimate of drug-likeness (QED) is 0.596. The van der Waals surface area contributed by atoms with Gasteiger partial charge < -0.3 is 0 Å². The van der Waals surface area contributed by atoms with Crippen molar-refractivity contribution >= 4 is 21.6 Å². The van der Waals surface area contributed by atoms with Gasteiger partial charge in [-0.3, -0.25) is 0 Å². The van der Waals surface area contributed by atoms with E-state index in [4.69, 9.17) is 0 Å². The third kappa shape index (κ3) is 1.43. The predicted molar refractivity (Wildman–Crippen MR) is 63.9 cm³/mol. The van der Waals surface area contributed by atoms with Crippen LogP contribution >= 0.6 is 11.3 Å². The van der Waals surface area contributed by atoms with Crippen LogP contribution in [0.15, 0.2) is 48.5 Å². The van der Waals surface area contributed by atoms with Crippen LogP contribution in [0, 0.1) is 5.51 Å². The summed E-state index contributed by atoms with van der Waals surface area (Å²) in [6.07, 6.45) is 0. The molecule has 0 spiro atoms. The molecular formula is C13H8NS. The van der Waals surface area contributed by atoms with Crippen molar-refractivity contribution in [3.05, 3.63) is 54.0 Å². The van der Waals surface area contributed by atoms with Gasteiger partial charge in [0, 0.05) is 5.56 Å². The number of thiazole rings is 1. The lowest BCUT2D eigenvalue weighted by atomic mass is 10.1. The van der Waals surface area contributed by atoms with Gasteiger partial charge >= 0.3 is 0 Å². The fraction of sp³-hybridized carbons (Fsp3) is 0. The van der Waals surface area contributed by atoms with Crippen LogP contribution in [0.2, 0.25) is 0 Å². The van der Waals surface area contributed by atoms with Gasteiger partial charge in [0.1, 0.15) is 0 Å². The van der Waals surface area contributed by atoms with Crippen LogP contribution in [0.1, 0.15) is 0 Å². The van der Waals surface area contributed by atoms with Gasteiger partial charge in [-0.05, 0) is 11.6 Å². The predicted octanol–water partition coefficient (Wildman–Crippen LogP) is 3.76. The molecule has 0 unspecified atom stereocenters. The average Bonchev–Trinajstić information content (AvgIpc) is 2.78. The lowest BCUT2D eigenvalue weighted by Gasteiger charge is -2.01. The molecule has 1 heterocycles. The number of benzene rings is 2. The molecule has 0 saturated carbocycles. The van der Waals surface area contributed by atoms with Gasteiger partial charge in [0.15, 0.2) is 5.51 Å². The highest BCUT2D eigenvalue weighted by Crippen LogP contribution is 2.28. The summed E-state index contributed by atoms with van der Waals surface area (Å²) < 4.78 is 1.19. The van der Waals surface area contributed by atoms with Gasteiger partial charge in [0.25, 0.3) is 0 Å². The summed E-state index contributed by atoms with van der Waals surface area (Å²) in [5, 5.41) is 0. The average molecular weight is 210 g/mol. The molecule has 15 heavy (non-hydrogen) atoms. The maximum absolute atomic E-state index is 4.29. The summed E-state index contributed by atoms with van der Waals surface area (Å²) in [7, 11) is 0. The van der Waals surface area contributed by atoms with E-state index in [0.717, 1.165) is 5.52 Å². The summed E-state index contributed by atoms with van der Waals surface area (Å²) in [5.74, 6) is 0. The lowest BCUT2D eigenvalue weighted by molar-refractivity contribution is 1.48. The fourth-order valence-corrected chi connectivity index (χ4v) is 2.32. The number of aromatic nitrogens is 1. The van der Waals surface area contributed by atoms with Crippen LogP contribution in [0.3, 0.4) is 0 Å². The van der Waals surface area contributed by atoms with Crippen molar-refractivity contribution in [1.82, 2.24) is 4.98 Å². The zero-order valence-electron chi connectivity index (χ0n) is 7.97. The van der Waals surface area contributed by atoms with E-state index < -0.39 is 0 Å². The van der Waals surface area contributed by atoms with E-state index >= 15 is 0 Å². The van der Waals surface area contributed by atoms with E-state index in [0.29, 0.717) is 0 Å². The zero-order valence-corrected chi connectivity index (χ0v) is 8.79. The molecule has 71 valence electrons. The Kier molecular flexibility index (Phi) is 2.00. The van der Waals surface area contributed by atoms with Crippen LogP contribution < -0.4 is 0 Å². The molecule has 0 aliphatic heterocycles. The molecule has 0 aliphatic carbocycles. The fourth-order valence-electron chi connectivity index (χ4n) is 1.69. The summed E-state index contributed by atoms with van der Waals surface area (Å²) >= 11 is 1.56. The number of nitrogens with zero attached hydrogens (tertiary/aromatic N) is 1. The smallest absolute Gasteiger partial charge is 0.153 e. The zero-order chi connectivity index (χ0) is 10.1. The summed E-state index contributed by atoms with van der Waals surface area (Å²) in [5.41, 5.74) is 6.39. The van der Waals surface area contributed by atoms with E-state index in [1.807, 2.05) is 18.2 Å². The first-order valence-electron chi connectivity index (χ1n) is 4.76. The molecule has 0 fully saturated rings. The Bertz CT molecular complexity index is 584. The van der Waals surface area contributed by atoms with Crippen molar-refractivity contribution in [2.45, 2.75) is 0 Å². The Labute approximate surface area is 92.0 Å². The molecule has 0 amide bonds. The van der Waals surface area contributed by atoms with E-state index in [1.54, 1.807) is 11.3 Å². The van der Waals surface area contributed by atoms with E-state index in [-0.39, 0.29) is 0 Å². The second kappa shape index (κ2) is 3.48. The first-order chi connectivity index (χ1) is 7.45. The SMILES string of the molecule is [c]1nc2c(-c3ccccc3)cccc2s1. The third-order valence-electron chi connectivity index (χ3n) is 2.40. The van der Waals surface area contributed by atoms with Crippen LogP contribution in [0.5, 0.6) is 0 Å². The highest BCUT2D eigenvalue weighted by molar-refractivity contribution is 7.16. The molecule has 3 aromatic rings. The highest BCUT2D eigenvalue weighted by atomic mass is 32.1. The van der Waals surface area contributed by atoms with Gasteiger partial charge in [-0.15, -0.1) is 11.3 Å². The van der Waals surface area contributed by atoms with Crippen molar-refractivity contribution in [3.63, 3.8) is 0 Å². The van der Waals surface area contributed by atoms with Gasteiger partial charge in [-0.1, -0.05) is 42.5 Å². The maximum Gasteiger partial charge on any atom is 0.153 e. The van der Waals surface area contributed by atoms with Crippen molar-refractivity contribution in [3.8, 4) is 11.1 Å². The third-order valence-corrected chi connectivity index (χ3v) is 3.13. The van der Waals surface area contributed by atoms with Gasteiger partial charge in [-0.2, -0.15) is 0 Å². The van der Waals surface area contributed by atoms with E-state index in [1.165, 1.54) is 15.8 Å². The van der Waals surface area contributed by atoms with Crippen molar-refractivity contribution in [2.24, 2.45) is 0 Å². The lowest BCUT2D eigenvalue weighted by Crippen LogP contribution is -1.78. The van der Waals surface area contributed by atoms with Gasteiger partial charge in [0.2, 0.25) is 0 Å². The summed E-state index contributed by atoms with van der Waals surface area (Å²) in [4.78, 5) is 4.29. The first kappa shape index (κ1) is 8.62. The van der Waals surface area contributed by atoms with Crippen LogP contribution in [-0.2, 0) is 0 Å². The molecule has 0 bridgehead atoms. The number of rotatable bonds is 1. The minimum absolute atomic E-state index is 1.05. The topological polar surface area (TPSA) is 12.9 Å². The second-order valence-electron chi connectivity index (χ2n) is 3.32. The second-order valence-corrected chi connectivity index (χ2v) is 4.15. The number of hydrogen-bond donors (Lipinski definition) is 0.